The SMILES string of the molecule is CCC1C=C(OS(=O)(=O)C(F)(F)F)c2ccc(C(=O)OC)cc2CC1. The topological polar surface area (TPSA) is 69.7 Å². The van der Waals surface area contributed by atoms with Crippen LogP contribution in [0.5, 0.6) is 0 Å². The Morgan fingerprint density at radius 2 is 2.00 bits per heavy atom. The predicted molar refractivity (Wildman–Crippen MR) is 83.9 cm³/mol. The smallest absolute Gasteiger partial charge is 0.465 e. The molecular formula is C16H17F3O5S. The summed E-state index contributed by atoms with van der Waals surface area (Å²) in [7, 11) is -4.57. The summed E-state index contributed by atoms with van der Waals surface area (Å²) in [4.78, 5) is 11.6. The highest BCUT2D eigenvalue weighted by atomic mass is 32.2. The van der Waals surface area contributed by atoms with Crippen molar-refractivity contribution in [3.05, 3.63) is 41.0 Å². The van der Waals surface area contributed by atoms with Crippen LogP contribution in [0.4, 0.5) is 13.2 Å². The van der Waals surface area contributed by atoms with Crippen molar-refractivity contribution in [1.29, 1.82) is 0 Å². The number of hydrogen-bond acceptors (Lipinski definition) is 5. The number of hydrogen-bond donors (Lipinski definition) is 0. The maximum Gasteiger partial charge on any atom is 0.534 e. The van der Waals surface area contributed by atoms with Gasteiger partial charge in [-0.1, -0.05) is 13.0 Å². The van der Waals surface area contributed by atoms with Crippen LogP contribution in [0.2, 0.25) is 0 Å². The summed E-state index contributed by atoms with van der Waals surface area (Å²) in [5.41, 5.74) is -4.54. The van der Waals surface area contributed by atoms with Crippen LogP contribution in [0, 0.1) is 5.92 Å². The minimum absolute atomic E-state index is 0.146. The van der Waals surface area contributed by atoms with Gasteiger partial charge in [0.05, 0.1) is 12.7 Å². The molecule has 0 saturated heterocycles. The lowest BCUT2D eigenvalue weighted by Gasteiger charge is -2.15. The van der Waals surface area contributed by atoms with Crippen molar-refractivity contribution in [2.75, 3.05) is 7.11 Å². The van der Waals surface area contributed by atoms with Crippen LogP contribution in [-0.4, -0.2) is 27.0 Å². The fraction of sp³-hybridized carbons (Fsp3) is 0.438. The second-order valence-electron chi connectivity index (χ2n) is 5.58. The molecule has 25 heavy (non-hydrogen) atoms. The minimum atomic E-state index is -5.78. The fourth-order valence-corrected chi connectivity index (χ4v) is 3.05. The van der Waals surface area contributed by atoms with Crippen LogP contribution in [0.1, 0.15) is 41.3 Å². The Hall–Kier alpha value is -2.03. The molecule has 0 aliphatic heterocycles. The zero-order chi connectivity index (χ0) is 18.8. The summed E-state index contributed by atoms with van der Waals surface area (Å²) < 4.78 is 69.8. The quantitative estimate of drug-likeness (QED) is 0.454. The van der Waals surface area contributed by atoms with Crippen LogP contribution in [0.25, 0.3) is 5.76 Å². The maximum atomic E-state index is 12.7. The number of ether oxygens (including phenoxy) is 1. The number of carbonyl (C=O) groups excluding carboxylic acids is 1. The predicted octanol–water partition coefficient (Wildman–Crippen LogP) is 3.65. The summed E-state index contributed by atoms with van der Waals surface area (Å²) in [6.07, 6.45) is 3.06. The van der Waals surface area contributed by atoms with E-state index < -0.39 is 21.6 Å². The van der Waals surface area contributed by atoms with Gasteiger partial charge >= 0.3 is 21.6 Å². The zero-order valence-electron chi connectivity index (χ0n) is 13.6. The summed E-state index contributed by atoms with van der Waals surface area (Å²) >= 11 is 0. The number of alkyl halides is 3. The van der Waals surface area contributed by atoms with Crippen molar-refractivity contribution in [3.63, 3.8) is 0 Å². The number of benzene rings is 1. The van der Waals surface area contributed by atoms with Crippen molar-refractivity contribution in [2.45, 2.75) is 31.7 Å². The number of allylic oxidation sites excluding steroid dienone is 1. The monoisotopic (exact) mass is 378 g/mol. The van der Waals surface area contributed by atoms with E-state index in [2.05, 4.69) is 8.92 Å². The first kappa shape index (κ1) is 19.3. The molecule has 0 aromatic heterocycles. The Balaban J connectivity index is 2.50. The minimum Gasteiger partial charge on any atom is -0.465 e. The number of halogens is 3. The first-order valence-corrected chi connectivity index (χ1v) is 8.94. The molecule has 0 spiro atoms. The van der Waals surface area contributed by atoms with Crippen molar-refractivity contribution in [2.24, 2.45) is 5.92 Å². The third-order valence-electron chi connectivity index (χ3n) is 3.97. The Morgan fingerprint density at radius 3 is 2.56 bits per heavy atom. The maximum absolute atomic E-state index is 12.7. The highest BCUT2D eigenvalue weighted by Gasteiger charge is 2.49. The zero-order valence-corrected chi connectivity index (χ0v) is 14.4. The summed E-state index contributed by atoms with van der Waals surface area (Å²) in [6, 6.07) is 4.21. The highest BCUT2D eigenvalue weighted by molar-refractivity contribution is 7.87. The van der Waals surface area contributed by atoms with E-state index >= 15 is 0 Å². The molecule has 138 valence electrons. The molecule has 2 rings (SSSR count). The average Bonchev–Trinajstić information content (AvgIpc) is 2.71. The molecule has 0 radical (unpaired) electrons. The van der Waals surface area contributed by atoms with Gasteiger partial charge in [0, 0.05) is 5.56 Å². The lowest BCUT2D eigenvalue weighted by Crippen LogP contribution is -2.25. The van der Waals surface area contributed by atoms with Crippen molar-refractivity contribution < 1.29 is 35.3 Å². The molecule has 1 unspecified atom stereocenters. The van der Waals surface area contributed by atoms with Crippen LogP contribution in [0.15, 0.2) is 24.3 Å². The average molecular weight is 378 g/mol. The van der Waals surface area contributed by atoms with Crippen molar-refractivity contribution >= 4 is 21.8 Å². The van der Waals surface area contributed by atoms with Gasteiger partial charge < -0.3 is 8.92 Å². The standard InChI is InChI=1S/C16H17F3O5S/c1-3-10-4-5-11-9-12(15(20)23-2)6-7-13(11)14(8-10)24-25(21,22)16(17,18)19/h6-10H,3-5H2,1-2H3. The highest BCUT2D eigenvalue weighted by Crippen LogP contribution is 2.35. The van der Waals surface area contributed by atoms with E-state index in [0.29, 0.717) is 24.8 Å². The Bertz CT molecular complexity index is 796. The second kappa shape index (κ2) is 7.07. The molecule has 1 aliphatic carbocycles. The number of rotatable bonds is 4. The van der Waals surface area contributed by atoms with E-state index in [1.807, 2.05) is 6.92 Å². The Kier molecular flexibility index (Phi) is 5.46. The molecule has 1 aliphatic rings. The summed E-state index contributed by atoms with van der Waals surface area (Å²) in [5, 5.41) is 0. The fourth-order valence-electron chi connectivity index (χ4n) is 2.57. The van der Waals surface area contributed by atoms with E-state index in [-0.39, 0.29) is 22.8 Å². The van der Waals surface area contributed by atoms with Crippen molar-refractivity contribution in [3.8, 4) is 0 Å². The molecule has 0 N–H and O–H groups in total. The van der Waals surface area contributed by atoms with Crippen LogP contribution >= 0.6 is 0 Å². The molecule has 1 aromatic rings. The van der Waals surface area contributed by atoms with Gasteiger partial charge in [-0.05, 0) is 49.0 Å². The van der Waals surface area contributed by atoms with Gasteiger partial charge in [0.1, 0.15) is 5.76 Å². The largest absolute Gasteiger partial charge is 0.534 e. The summed E-state index contributed by atoms with van der Waals surface area (Å²) in [6.45, 7) is 1.84. The van der Waals surface area contributed by atoms with Gasteiger partial charge in [-0.3, -0.25) is 0 Å². The number of fused-ring (bicyclic) bond motifs is 1. The van der Waals surface area contributed by atoms with E-state index in [1.165, 1.54) is 31.4 Å². The second-order valence-corrected chi connectivity index (χ2v) is 7.12. The number of carbonyl (C=O) groups is 1. The van der Waals surface area contributed by atoms with Gasteiger partial charge in [-0.2, -0.15) is 21.6 Å². The molecule has 0 heterocycles. The number of esters is 1. The lowest BCUT2D eigenvalue weighted by atomic mass is 9.98. The van der Waals surface area contributed by atoms with E-state index in [9.17, 15) is 26.4 Å². The third kappa shape index (κ3) is 4.15. The number of aryl methyl sites for hydroxylation is 1. The summed E-state index contributed by atoms with van der Waals surface area (Å²) in [5.74, 6) is -1.10. The van der Waals surface area contributed by atoms with E-state index in [4.69, 9.17) is 0 Å². The molecule has 0 fully saturated rings. The molecule has 5 nitrogen and oxygen atoms in total. The lowest BCUT2D eigenvalue weighted by molar-refractivity contribution is -0.0509. The molecule has 0 bridgehead atoms. The van der Waals surface area contributed by atoms with Crippen LogP contribution in [0.3, 0.4) is 0 Å². The van der Waals surface area contributed by atoms with Gasteiger partial charge in [0.25, 0.3) is 0 Å². The van der Waals surface area contributed by atoms with Gasteiger partial charge in [0.2, 0.25) is 0 Å². The molecule has 1 atom stereocenters. The molecular weight excluding hydrogens is 361 g/mol. The number of methoxy groups -OCH3 is 1. The van der Waals surface area contributed by atoms with Crippen molar-refractivity contribution in [1.82, 2.24) is 0 Å². The molecule has 9 heteroatoms. The van der Waals surface area contributed by atoms with Gasteiger partial charge in [-0.25, -0.2) is 4.79 Å². The Morgan fingerprint density at radius 1 is 1.32 bits per heavy atom. The molecule has 1 aromatic carbocycles. The normalized spacial score (nSPS) is 18.0. The molecule has 0 saturated carbocycles. The third-order valence-corrected chi connectivity index (χ3v) is 4.94. The molecule has 0 amide bonds. The first-order valence-electron chi connectivity index (χ1n) is 7.53. The van der Waals surface area contributed by atoms with E-state index in [1.54, 1.807) is 0 Å². The first-order chi connectivity index (χ1) is 11.6. The van der Waals surface area contributed by atoms with Gasteiger partial charge in [-0.15, -0.1) is 0 Å². The van der Waals surface area contributed by atoms with Gasteiger partial charge in [0.15, 0.2) is 0 Å². The Labute approximate surface area is 143 Å². The van der Waals surface area contributed by atoms with Crippen LogP contribution < -0.4 is 0 Å². The van der Waals surface area contributed by atoms with E-state index in [0.717, 1.165) is 0 Å². The van der Waals surface area contributed by atoms with Crippen LogP contribution in [-0.2, 0) is 25.5 Å².